The molecule has 2 saturated carbocycles. The zero-order chi connectivity index (χ0) is 12.8. The second kappa shape index (κ2) is 7.46. The zero-order valence-corrected chi connectivity index (χ0v) is 12.0. The molecule has 2 aliphatic carbocycles. The van der Waals surface area contributed by atoms with Crippen molar-refractivity contribution in [3.8, 4) is 0 Å². The molecule has 0 saturated heterocycles. The van der Waals surface area contributed by atoms with Crippen LogP contribution < -0.4 is 5.32 Å². The Morgan fingerprint density at radius 1 is 0.944 bits per heavy atom. The van der Waals surface area contributed by atoms with Gasteiger partial charge in [0.1, 0.15) is 0 Å². The van der Waals surface area contributed by atoms with Crippen molar-refractivity contribution < 1.29 is 9.47 Å². The van der Waals surface area contributed by atoms with Gasteiger partial charge in [-0.3, -0.25) is 0 Å². The first kappa shape index (κ1) is 14.3. The molecule has 1 N–H and O–H groups in total. The average molecular weight is 255 g/mol. The minimum Gasteiger partial charge on any atom is -0.379 e. The van der Waals surface area contributed by atoms with Gasteiger partial charge in [0.05, 0.1) is 19.8 Å². The van der Waals surface area contributed by atoms with Crippen molar-refractivity contribution in [3.05, 3.63) is 0 Å². The van der Waals surface area contributed by atoms with E-state index < -0.39 is 0 Å². The maximum Gasteiger partial charge on any atom is 0.0701 e. The van der Waals surface area contributed by atoms with E-state index in [0.29, 0.717) is 5.92 Å². The molecule has 0 unspecified atom stereocenters. The Morgan fingerprint density at radius 2 is 1.56 bits per heavy atom. The Balaban J connectivity index is 1.39. The van der Waals surface area contributed by atoms with Crippen LogP contribution in [0.3, 0.4) is 0 Å². The van der Waals surface area contributed by atoms with E-state index in [1.54, 1.807) is 0 Å². The third-order valence-corrected chi connectivity index (χ3v) is 3.71. The largest absolute Gasteiger partial charge is 0.379 e. The van der Waals surface area contributed by atoms with Gasteiger partial charge in [-0.25, -0.2) is 0 Å². The predicted molar refractivity (Wildman–Crippen MR) is 73.7 cm³/mol. The van der Waals surface area contributed by atoms with E-state index in [1.807, 2.05) is 0 Å². The maximum absolute atomic E-state index is 5.58. The molecule has 0 bridgehead atoms. The molecule has 3 heteroatoms. The molecule has 3 nitrogen and oxygen atoms in total. The van der Waals surface area contributed by atoms with Crippen LogP contribution in [-0.2, 0) is 9.47 Å². The molecule has 0 aliphatic heterocycles. The number of hydrogen-bond donors (Lipinski definition) is 1. The zero-order valence-electron chi connectivity index (χ0n) is 12.0. The van der Waals surface area contributed by atoms with Crippen molar-refractivity contribution in [1.82, 2.24) is 5.32 Å². The van der Waals surface area contributed by atoms with Gasteiger partial charge in [0, 0.05) is 19.2 Å². The van der Waals surface area contributed by atoms with Crippen molar-refractivity contribution in [2.24, 2.45) is 17.8 Å². The second-order valence-corrected chi connectivity index (χ2v) is 6.24. The lowest BCUT2D eigenvalue weighted by molar-refractivity contribution is 0.0379. The lowest BCUT2D eigenvalue weighted by Crippen LogP contribution is -2.35. The van der Waals surface area contributed by atoms with Crippen LogP contribution >= 0.6 is 0 Å². The van der Waals surface area contributed by atoms with Crippen molar-refractivity contribution in [3.63, 3.8) is 0 Å². The standard InChI is InChI=1S/C15H29NO2/c1-12(2)11-18-10-9-17-8-7-16-15(13-3-4-13)14-5-6-14/h12-16H,3-11H2,1-2H3. The van der Waals surface area contributed by atoms with Gasteiger partial charge < -0.3 is 14.8 Å². The van der Waals surface area contributed by atoms with E-state index in [-0.39, 0.29) is 0 Å². The Kier molecular flexibility index (Phi) is 5.93. The normalized spacial score (nSPS) is 20.0. The van der Waals surface area contributed by atoms with Crippen molar-refractivity contribution in [2.75, 3.05) is 33.0 Å². The molecule has 2 aliphatic rings. The molecule has 2 fully saturated rings. The number of hydrogen-bond acceptors (Lipinski definition) is 3. The summed E-state index contributed by atoms with van der Waals surface area (Å²) in [5.41, 5.74) is 0. The quantitative estimate of drug-likeness (QED) is 0.575. The highest BCUT2D eigenvalue weighted by molar-refractivity contribution is 4.96. The monoisotopic (exact) mass is 255 g/mol. The maximum atomic E-state index is 5.58. The molecule has 0 aromatic heterocycles. The second-order valence-electron chi connectivity index (χ2n) is 6.24. The minimum atomic E-state index is 0.615. The third-order valence-electron chi connectivity index (χ3n) is 3.71. The van der Waals surface area contributed by atoms with Crippen LogP contribution in [0.25, 0.3) is 0 Å². The predicted octanol–water partition coefficient (Wildman–Crippen LogP) is 2.45. The molecule has 18 heavy (non-hydrogen) atoms. The van der Waals surface area contributed by atoms with Gasteiger partial charge in [-0.15, -0.1) is 0 Å². The van der Waals surface area contributed by atoms with Crippen LogP contribution in [-0.4, -0.2) is 39.0 Å². The fourth-order valence-corrected chi connectivity index (χ4v) is 2.47. The van der Waals surface area contributed by atoms with Gasteiger partial charge in [0.2, 0.25) is 0 Å². The summed E-state index contributed by atoms with van der Waals surface area (Å²) in [6, 6.07) is 0.797. The molecule has 0 aromatic carbocycles. The number of rotatable bonds is 11. The van der Waals surface area contributed by atoms with Gasteiger partial charge >= 0.3 is 0 Å². The summed E-state index contributed by atoms with van der Waals surface area (Å²) in [5.74, 6) is 2.57. The summed E-state index contributed by atoms with van der Waals surface area (Å²) >= 11 is 0. The van der Waals surface area contributed by atoms with E-state index in [0.717, 1.165) is 50.8 Å². The lowest BCUT2D eigenvalue weighted by atomic mass is 10.1. The molecule has 2 rings (SSSR count). The van der Waals surface area contributed by atoms with Gasteiger partial charge in [-0.05, 0) is 43.4 Å². The average Bonchev–Trinajstić information content (AvgIpc) is 3.18. The Bertz CT molecular complexity index is 213. The Morgan fingerprint density at radius 3 is 2.11 bits per heavy atom. The molecule has 0 aromatic rings. The first-order valence-corrected chi connectivity index (χ1v) is 7.66. The van der Waals surface area contributed by atoms with Crippen LogP contribution in [0.1, 0.15) is 39.5 Å². The Hall–Kier alpha value is -0.120. The van der Waals surface area contributed by atoms with E-state index in [2.05, 4.69) is 19.2 Å². The molecule has 0 radical (unpaired) electrons. The van der Waals surface area contributed by atoms with E-state index in [4.69, 9.17) is 9.47 Å². The SMILES string of the molecule is CC(C)COCCOCCNC(C1CC1)C1CC1. The number of ether oxygens (including phenoxy) is 2. The summed E-state index contributed by atoms with van der Waals surface area (Å²) in [5, 5.41) is 3.69. The lowest BCUT2D eigenvalue weighted by Gasteiger charge is -2.17. The van der Waals surface area contributed by atoms with E-state index in [9.17, 15) is 0 Å². The molecule has 0 amide bonds. The van der Waals surface area contributed by atoms with Gasteiger partial charge in [-0.1, -0.05) is 13.8 Å². The molecule has 0 heterocycles. The highest BCUT2D eigenvalue weighted by Crippen LogP contribution is 2.44. The van der Waals surface area contributed by atoms with Crippen molar-refractivity contribution in [1.29, 1.82) is 0 Å². The molecule has 0 spiro atoms. The van der Waals surface area contributed by atoms with Crippen molar-refractivity contribution in [2.45, 2.75) is 45.6 Å². The Labute approximate surface area is 112 Å². The van der Waals surface area contributed by atoms with Gasteiger partial charge in [-0.2, -0.15) is 0 Å². The topological polar surface area (TPSA) is 30.5 Å². The fourth-order valence-electron chi connectivity index (χ4n) is 2.47. The van der Waals surface area contributed by atoms with Crippen LogP contribution in [0.2, 0.25) is 0 Å². The molecule has 106 valence electrons. The minimum absolute atomic E-state index is 0.615. The molecular weight excluding hydrogens is 226 g/mol. The summed E-state index contributed by atoms with van der Waals surface area (Å²) in [4.78, 5) is 0. The highest BCUT2D eigenvalue weighted by atomic mass is 16.5. The van der Waals surface area contributed by atoms with Gasteiger partial charge in [0.15, 0.2) is 0 Å². The van der Waals surface area contributed by atoms with Crippen LogP contribution in [0.5, 0.6) is 0 Å². The fraction of sp³-hybridized carbons (Fsp3) is 1.00. The summed E-state index contributed by atoms with van der Waals surface area (Å²) in [6.07, 6.45) is 5.77. The van der Waals surface area contributed by atoms with Gasteiger partial charge in [0.25, 0.3) is 0 Å². The summed E-state index contributed by atoms with van der Waals surface area (Å²) in [7, 11) is 0. The summed E-state index contributed by atoms with van der Waals surface area (Å²) < 4.78 is 11.1. The first-order chi connectivity index (χ1) is 8.77. The van der Waals surface area contributed by atoms with Crippen LogP contribution in [0, 0.1) is 17.8 Å². The molecule has 0 atom stereocenters. The van der Waals surface area contributed by atoms with E-state index >= 15 is 0 Å². The smallest absolute Gasteiger partial charge is 0.0701 e. The first-order valence-electron chi connectivity index (χ1n) is 7.66. The van der Waals surface area contributed by atoms with Crippen LogP contribution in [0.15, 0.2) is 0 Å². The van der Waals surface area contributed by atoms with E-state index in [1.165, 1.54) is 25.7 Å². The highest BCUT2D eigenvalue weighted by Gasteiger charge is 2.40. The van der Waals surface area contributed by atoms with Crippen LogP contribution in [0.4, 0.5) is 0 Å². The number of nitrogens with one attached hydrogen (secondary N) is 1. The third kappa shape index (κ3) is 5.68. The molecular formula is C15H29NO2. The summed E-state index contributed by atoms with van der Waals surface area (Å²) in [6.45, 7) is 8.45. The van der Waals surface area contributed by atoms with Crippen molar-refractivity contribution >= 4 is 0 Å².